The lowest BCUT2D eigenvalue weighted by atomic mass is 10.1. The van der Waals surface area contributed by atoms with Crippen LogP contribution < -0.4 is 11.1 Å². The third-order valence-electron chi connectivity index (χ3n) is 3.01. The second kappa shape index (κ2) is 6.32. The van der Waals surface area contributed by atoms with Gasteiger partial charge in [-0.1, -0.05) is 17.3 Å². The number of carbonyl (C=O) groups is 1. The van der Waals surface area contributed by atoms with Crippen molar-refractivity contribution in [2.75, 3.05) is 5.32 Å². The maximum absolute atomic E-state index is 13.1. The number of hydrogen-bond donors (Lipinski definition) is 2. The van der Waals surface area contributed by atoms with E-state index in [0.717, 1.165) is 0 Å². The number of nitrogens with zero attached hydrogens (tertiary/aromatic N) is 1. The molecule has 2 aromatic carbocycles. The molecule has 3 rings (SSSR count). The van der Waals surface area contributed by atoms with Crippen LogP contribution in [0.4, 0.5) is 10.1 Å². The Bertz CT molecular complexity index is 935. The molecule has 1 amide bonds. The molecule has 0 spiro atoms. The van der Waals surface area contributed by atoms with E-state index in [1.807, 2.05) is 22.6 Å². The fraction of sp³-hybridized carbons (Fsp3) is 0. The molecule has 0 bridgehead atoms. The van der Waals surface area contributed by atoms with Gasteiger partial charge in [0, 0.05) is 14.8 Å². The zero-order chi connectivity index (χ0) is 16.4. The summed E-state index contributed by atoms with van der Waals surface area (Å²) in [6, 6.07) is 10.7. The predicted octanol–water partition coefficient (Wildman–Crippen LogP) is 3.03. The van der Waals surface area contributed by atoms with Crippen molar-refractivity contribution < 1.29 is 13.7 Å². The van der Waals surface area contributed by atoms with Gasteiger partial charge in [-0.05, 0) is 52.9 Å². The minimum Gasteiger partial charge on any atom is -0.322 e. The van der Waals surface area contributed by atoms with Crippen LogP contribution in [-0.2, 0) is 0 Å². The highest BCUT2D eigenvalue weighted by Gasteiger charge is 2.12. The topological polar surface area (TPSA) is 88.0 Å². The molecule has 0 fully saturated rings. The molecule has 0 aliphatic heterocycles. The average Bonchev–Trinajstić information content (AvgIpc) is 2.94. The Balaban J connectivity index is 1.85. The molecule has 0 radical (unpaired) electrons. The van der Waals surface area contributed by atoms with Crippen molar-refractivity contribution in [3.8, 4) is 11.4 Å². The van der Waals surface area contributed by atoms with Gasteiger partial charge in [0.15, 0.2) is 5.82 Å². The largest absolute Gasteiger partial charge is 0.439 e. The molecule has 23 heavy (non-hydrogen) atoms. The molecule has 6 nitrogen and oxygen atoms in total. The van der Waals surface area contributed by atoms with E-state index in [-0.39, 0.29) is 11.7 Å². The van der Waals surface area contributed by atoms with Crippen LogP contribution in [0.5, 0.6) is 0 Å². The van der Waals surface area contributed by atoms with Crippen LogP contribution in [0.3, 0.4) is 0 Å². The van der Waals surface area contributed by atoms with Gasteiger partial charge < -0.3 is 5.32 Å². The SMILES string of the molecule is O=C(Nc1cccc(-c2noc(=O)[nH]2)c1)c1ccc(F)cc1I. The first kappa shape index (κ1) is 15.4. The molecule has 116 valence electrons. The third kappa shape index (κ3) is 3.47. The molecule has 0 aliphatic rings. The smallest absolute Gasteiger partial charge is 0.322 e. The minimum atomic E-state index is -0.657. The molecule has 8 heteroatoms. The van der Waals surface area contributed by atoms with Gasteiger partial charge in [-0.25, -0.2) is 9.18 Å². The fourth-order valence-electron chi connectivity index (χ4n) is 1.97. The van der Waals surface area contributed by atoms with E-state index in [0.29, 0.717) is 20.4 Å². The quantitative estimate of drug-likeness (QED) is 0.632. The Labute approximate surface area is 142 Å². The summed E-state index contributed by atoms with van der Waals surface area (Å²) in [6.07, 6.45) is 0. The fourth-order valence-corrected chi connectivity index (χ4v) is 2.69. The average molecular weight is 425 g/mol. The number of anilines is 1. The molecular formula is C15H9FIN3O3. The van der Waals surface area contributed by atoms with Crippen molar-refractivity contribution in [1.29, 1.82) is 0 Å². The molecule has 1 aromatic heterocycles. The Morgan fingerprint density at radius 1 is 1.26 bits per heavy atom. The zero-order valence-corrected chi connectivity index (χ0v) is 13.6. The molecule has 0 atom stereocenters. The summed E-state index contributed by atoms with van der Waals surface area (Å²) >= 11 is 1.90. The number of aromatic amines is 1. The zero-order valence-electron chi connectivity index (χ0n) is 11.5. The number of nitrogens with one attached hydrogen (secondary N) is 2. The number of halogens is 2. The highest BCUT2D eigenvalue weighted by molar-refractivity contribution is 14.1. The van der Waals surface area contributed by atoms with Crippen molar-refractivity contribution >= 4 is 34.2 Å². The van der Waals surface area contributed by atoms with Gasteiger partial charge in [0.1, 0.15) is 5.82 Å². The van der Waals surface area contributed by atoms with Crippen LogP contribution in [0.1, 0.15) is 10.4 Å². The number of amides is 1. The molecule has 2 N–H and O–H groups in total. The summed E-state index contributed by atoms with van der Waals surface area (Å²) in [4.78, 5) is 25.7. The summed E-state index contributed by atoms with van der Waals surface area (Å²) in [5.74, 6) is -1.15. The second-order valence-electron chi connectivity index (χ2n) is 4.60. The number of rotatable bonds is 3. The first-order chi connectivity index (χ1) is 11.0. The minimum absolute atomic E-state index is 0.266. The lowest BCUT2D eigenvalue weighted by Gasteiger charge is -2.08. The van der Waals surface area contributed by atoms with E-state index in [4.69, 9.17) is 0 Å². The van der Waals surface area contributed by atoms with E-state index in [9.17, 15) is 14.0 Å². The highest BCUT2D eigenvalue weighted by Crippen LogP contribution is 2.20. The van der Waals surface area contributed by atoms with Crippen LogP contribution >= 0.6 is 22.6 Å². The van der Waals surface area contributed by atoms with E-state index in [1.165, 1.54) is 18.2 Å². The van der Waals surface area contributed by atoms with E-state index in [1.54, 1.807) is 24.3 Å². The van der Waals surface area contributed by atoms with Gasteiger partial charge in [-0.2, -0.15) is 0 Å². The summed E-state index contributed by atoms with van der Waals surface area (Å²) in [7, 11) is 0. The molecule has 3 aromatic rings. The van der Waals surface area contributed by atoms with Gasteiger partial charge in [0.25, 0.3) is 5.91 Å². The first-order valence-electron chi connectivity index (χ1n) is 6.46. The summed E-state index contributed by atoms with van der Waals surface area (Å²) in [6.45, 7) is 0. The normalized spacial score (nSPS) is 10.5. The highest BCUT2D eigenvalue weighted by atomic mass is 127. The van der Waals surface area contributed by atoms with Crippen LogP contribution in [0.15, 0.2) is 51.8 Å². The number of aromatic nitrogens is 2. The standard InChI is InChI=1S/C15H9FIN3O3/c16-9-4-5-11(12(17)7-9)14(21)18-10-3-1-2-8(6-10)13-19-15(22)23-20-13/h1-7H,(H,18,21)(H,19,20,22). The van der Waals surface area contributed by atoms with Crippen molar-refractivity contribution in [1.82, 2.24) is 10.1 Å². The molecule has 1 heterocycles. The van der Waals surface area contributed by atoms with Gasteiger partial charge in [-0.3, -0.25) is 14.3 Å². The lowest BCUT2D eigenvalue weighted by Crippen LogP contribution is -2.13. The lowest BCUT2D eigenvalue weighted by molar-refractivity contribution is 0.102. The maximum Gasteiger partial charge on any atom is 0.439 e. The van der Waals surface area contributed by atoms with Gasteiger partial charge in [-0.15, -0.1) is 0 Å². The molecule has 0 unspecified atom stereocenters. The Kier molecular flexibility index (Phi) is 4.24. The van der Waals surface area contributed by atoms with Gasteiger partial charge in [0.05, 0.1) is 5.56 Å². The van der Waals surface area contributed by atoms with Crippen molar-refractivity contribution in [3.63, 3.8) is 0 Å². The maximum atomic E-state index is 13.1. The second-order valence-corrected chi connectivity index (χ2v) is 5.76. The van der Waals surface area contributed by atoms with Crippen molar-refractivity contribution in [2.45, 2.75) is 0 Å². The Hall–Kier alpha value is -2.49. The Morgan fingerprint density at radius 2 is 2.09 bits per heavy atom. The van der Waals surface area contributed by atoms with Crippen LogP contribution in [0, 0.1) is 9.39 Å². The summed E-state index contributed by atoms with van der Waals surface area (Å²) in [5.41, 5.74) is 1.46. The van der Waals surface area contributed by atoms with Crippen LogP contribution in [0.25, 0.3) is 11.4 Å². The summed E-state index contributed by atoms with van der Waals surface area (Å²) < 4.78 is 18.1. The third-order valence-corrected chi connectivity index (χ3v) is 3.90. The van der Waals surface area contributed by atoms with E-state index < -0.39 is 11.6 Å². The predicted molar refractivity (Wildman–Crippen MR) is 89.6 cm³/mol. The number of hydrogen-bond acceptors (Lipinski definition) is 4. The van der Waals surface area contributed by atoms with E-state index >= 15 is 0 Å². The van der Waals surface area contributed by atoms with Crippen molar-refractivity contribution in [2.24, 2.45) is 0 Å². The van der Waals surface area contributed by atoms with Gasteiger partial charge >= 0.3 is 5.76 Å². The number of carbonyl (C=O) groups excluding carboxylic acids is 1. The molecular weight excluding hydrogens is 416 g/mol. The van der Waals surface area contributed by atoms with Gasteiger partial charge in [0.2, 0.25) is 0 Å². The molecule has 0 aliphatic carbocycles. The number of benzene rings is 2. The Morgan fingerprint density at radius 3 is 2.78 bits per heavy atom. The van der Waals surface area contributed by atoms with Crippen LogP contribution in [-0.4, -0.2) is 16.0 Å². The monoisotopic (exact) mass is 425 g/mol. The summed E-state index contributed by atoms with van der Waals surface area (Å²) in [5, 5.41) is 6.31. The first-order valence-corrected chi connectivity index (χ1v) is 7.53. The van der Waals surface area contributed by atoms with E-state index in [2.05, 4.69) is 20.0 Å². The van der Waals surface area contributed by atoms with Crippen molar-refractivity contribution in [3.05, 3.63) is 68.0 Å². The molecule has 0 saturated heterocycles. The number of H-pyrrole nitrogens is 1. The van der Waals surface area contributed by atoms with Crippen LogP contribution in [0.2, 0.25) is 0 Å². The molecule has 0 saturated carbocycles.